The third-order valence-electron chi connectivity index (χ3n) is 4.52. The molecule has 3 heteroatoms. The van der Waals surface area contributed by atoms with Gasteiger partial charge in [0.25, 0.3) is 0 Å². The van der Waals surface area contributed by atoms with Crippen LogP contribution in [0, 0.1) is 5.92 Å². The molecule has 0 radical (unpaired) electrons. The summed E-state index contributed by atoms with van der Waals surface area (Å²) in [6, 6.07) is 31.3. The normalized spacial score (nSPS) is 11.9. The first-order valence-electron chi connectivity index (χ1n) is 8.93. The quantitative estimate of drug-likeness (QED) is 0.502. The number of benzene rings is 3. The van der Waals surface area contributed by atoms with Crippen LogP contribution in [0.5, 0.6) is 0 Å². The molecule has 27 heavy (non-hydrogen) atoms. The zero-order valence-electron chi connectivity index (χ0n) is 15.6. The first kappa shape index (κ1) is 19.0. The van der Waals surface area contributed by atoms with Crippen LogP contribution in [0.1, 0.15) is 6.92 Å². The first-order valence-corrected chi connectivity index (χ1v) is 10.7. The lowest BCUT2D eigenvalue weighted by Gasteiger charge is -2.26. The Labute approximate surface area is 161 Å². The molecule has 0 amide bonds. The van der Waals surface area contributed by atoms with E-state index in [4.69, 9.17) is 4.74 Å². The van der Waals surface area contributed by atoms with Crippen LogP contribution in [0.25, 0.3) is 0 Å². The number of ether oxygens (including phenoxy) is 1. The molecular formula is C24H23O2P. The second-order valence-corrected chi connectivity index (χ2v) is 9.43. The smallest absolute Gasteiger partial charge is 0.312 e. The van der Waals surface area contributed by atoms with Gasteiger partial charge in [-0.15, -0.1) is 5.45 Å². The molecule has 0 saturated heterocycles. The largest absolute Gasteiger partial charge is 0.469 e. The zero-order chi connectivity index (χ0) is 19.1. The van der Waals surface area contributed by atoms with Crippen LogP contribution in [0.4, 0.5) is 0 Å². The van der Waals surface area contributed by atoms with Gasteiger partial charge in [-0.1, -0.05) is 91.0 Å². The average Bonchev–Trinajstić information content (AvgIpc) is 2.75. The van der Waals surface area contributed by atoms with E-state index in [0.717, 1.165) is 0 Å². The monoisotopic (exact) mass is 374 g/mol. The van der Waals surface area contributed by atoms with Crippen molar-refractivity contribution in [2.75, 3.05) is 7.11 Å². The minimum atomic E-state index is -2.17. The summed E-state index contributed by atoms with van der Waals surface area (Å²) < 4.78 is 4.90. The summed E-state index contributed by atoms with van der Waals surface area (Å²) in [5, 5.41) is 3.61. The number of carbonyl (C=O) groups is 1. The highest BCUT2D eigenvalue weighted by atomic mass is 31.2. The van der Waals surface area contributed by atoms with Crippen LogP contribution in [-0.2, 0) is 9.53 Å². The molecule has 0 heterocycles. The minimum absolute atomic E-state index is 0.255. The maximum atomic E-state index is 12.0. The highest BCUT2D eigenvalue weighted by Crippen LogP contribution is 2.42. The maximum absolute atomic E-state index is 12.0. The summed E-state index contributed by atoms with van der Waals surface area (Å²) >= 11 is 0. The second-order valence-electron chi connectivity index (χ2n) is 6.29. The van der Waals surface area contributed by atoms with Crippen molar-refractivity contribution in [2.45, 2.75) is 6.92 Å². The lowest BCUT2D eigenvalue weighted by atomic mass is 10.2. The van der Waals surface area contributed by atoms with Gasteiger partial charge in [0.05, 0.1) is 13.0 Å². The number of hydrogen-bond donors (Lipinski definition) is 0. The molecule has 3 aromatic rings. The molecule has 0 aliphatic rings. The van der Waals surface area contributed by atoms with Gasteiger partial charge in [0.1, 0.15) is 0 Å². The van der Waals surface area contributed by atoms with E-state index in [1.54, 1.807) is 0 Å². The zero-order valence-corrected chi connectivity index (χ0v) is 16.5. The number of esters is 1. The van der Waals surface area contributed by atoms with Gasteiger partial charge in [-0.2, -0.15) is 0 Å². The predicted octanol–water partition coefficient (Wildman–Crippen LogP) is 3.75. The molecule has 0 saturated carbocycles. The molecule has 0 aliphatic carbocycles. The third-order valence-corrected chi connectivity index (χ3v) is 8.28. The fourth-order valence-corrected chi connectivity index (χ4v) is 6.75. The van der Waals surface area contributed by atoms with E-state index in [0.29, 0.717) is 0 Å². The SMILES string of the molecule is COC(=O)C(C)C=C=P(c1ccccc1)(c1ccccc1)c1ccccc1. The van der Waals surface area contributed by atoms with Crippen molar-refractivity contribution in [2.24, 2.45) is 5.92 Å². The van der Waals surface area contributed by atoms with Gasteiger partial charge in [0, 0.05) is 6.89 Å². The minimum Gasteiger partial charge on any atom is -0.469 e. The van der Waals surface area contributed by atoms with Crippen LogP contribution < -0.4 is 15.9 Å². The second kappa shape index (κ2) is 8.73. The Balaban J connectivity index is 2.40. The topological polar surface area (TPSA) is 26.3 Å². The molecule has 0 bridgehead atoms. The maximum Gasteiger partial charge on any atom is 0.312 e. The van der Waals surface area contributed by atoms with Crippen molar-refractivity contribution in [3.05, 3.63) is 97.1 Å². The predicted molar refractivity (Wildman–Crippen MR) is 116 cm³/mol. The fraction of sp³-hybridized carbons (Fsp3) is 0.125. The number of hydrogen-bond acceptors (Lipinski definition) is 2. The molecule has 3 rings (SSSR count). The van der Waals surface area contributed by atoms with Crippen molar-refractivity contribution in [1.82, 2.24) is 0 Å². The van der Waals surface area contributed by atoms with Crippen LogP contribution >= 0.6 is 6.89 Å². The van der Waals surface area contributed by atoms with Crippen molar-refractivity contribution in [3.63, 3.8) is 0 Å². The van der Waals surface area contributed by atoms with Crippen molar-refractivity contribution >= 4 is 34.2 Å². The molecule has 0 aliphatic heterocycles. The molecule has 0 spiro atoms. The van der Waals surface area contributed by atoms with Gasteiger partial charge in [0.15, 0.2) is 0 Å². The Morgan fingerprint density at radius 3 is 1.52 bits per heavy atom. The van der Waals surface area contributed by atoms with Gasteiger partial charge in [-0.25, -0.2) is 0 Å². The van der Waals surface area contributed by atoms with E-state index in [1.807, 2.05) is 31.2 Å². The summed E-state index contributed by atoms with van der Waals surface area (Å²) in [7, 11) is 1.42. The molecule has 3 aromatic carbocycles. The molecule has 1 unspecified atom stereocenters. The lowest BCUT2D eigenvalue weighted by Crippen LogP contribution is -2.26. The Kier molecular flexibility index (Phi) is 6.14. The molecule has 2 nitrogen and oxygen atoms in total. The molecule has 0 N–H and O–H groups in total. The highest BCUT2D eigenvalue weighted by Gasteiger charge is 2.24. The number of rotatable bonds is 5. The average molecular weight is 374 g/mol. The summed E-state index contributed by atoms with van der Waals surface area (Å²) in [5.74, 6) is -0.611. The standard InChI is InChI=1S/C24H23O2P/c1-20(24(25)26-2)18-19-27(21-12-6-3-7-13-21,22-14-8-4-9-15-22)23-16-10-5-11-17-23/h3-18,20H,1-2H3. The van der Waals surface area contributed by atoms with E-state index in [2.05, 4.69) is 78.2 Å². The highest BCUT2D eigenvalue weighted by molar-refractivity contribution is 7.94. The Bertz CT molecular complexity index is 869. The van der Waals surface area contributed by atoms with E-state index in [1.165, 1.54) is 23.0 Å². The molecular weight excluding hydrogens is 351 g/mol. The summed E-state index contributed by atoms with van der Waals surface area (Å²) in [4.78, 5) is 12.0. The fourth-order valence-electron chi connectivity index (χ4n) is 3.10. The van der Waals surface area contributed by atoms with Crippen LogP contribution in [0.2, 0.25) is 0 Å². The van der Waals surface area contributed by atoms with Gasteiger partial charge in [0.2, 0.25) is 0 Å². The molecule has 1 atom stereocenters. The first-order chi connectivity index (χ1) is 13.2. The van der Waals surface area contributed by atoms with Crippen molar-refractivity contribution < 1.29 is 9.53 Å². The Morgan fingerprint density at radius 2 is 1.19 bits per heavy atom. The molecule has 0 aromatic heterocycles. The lowest BCUT2D eigenvalue weighted by molar-refractivity contribution is -0.143. The number of methoxy groups -OCH3 is 1. The summed E-state index contributed by atoms with van der Waals surface area (Å²) in [6.45, 7) is -0.329. The van der Waals surface area contributed by atoms with E-state index < -0.39 is 6.89 Å². The van der Waals surface area contributed by atoms with E-state index >= 15 is 0 Å². The van der Waals surface area contributed by atoms with Gasteiger partial charge >= 0.3 is 5.97 Å². The summed E-state index contributed by atoms with van der Waals surface area (Å²) in [6.07, 6.45) is 1.87. The molecule has 136 valence electrons. The van der Waals surface area contributed by atoms with Crippen LogP contribution in [0.3, 0.4) is 0 Å². The third kappa shape index (κ3) is 3.98. The number of carbonyl (C=O) groups excluding carboxylic acids is 1. The molecule has 0 fully saturated rings. The summed E-state index contributed by atoms with van der Waals surface area (Å²) in [5.41, 5.74) is 3.68. The van der Waals surface area contributed by atoms with Crippen LogP contribution in [-0.4, -0.2) is 18.5 Å². The Morgan fingerprint density at radius 1 is 0.815 bits per heavy atom. The van der Waals surface area contributed by atoms with E-state index in [9.17, 15) is 4.79 Å². The van der Waals surface area contributed by atoms with E-state index in [-0.39, 0.29) is 11.9 Å². The van der Waals surface area contributed by atoms with Crippen molar-refractivity contribution in [3.8, 4) is 0 Å². The van der Waals surface area contributed by atoms with Gasteiger partial charge < -0.3 is 4.74 Å². The van der Waals surface area contributed by atoms with Gasteiger partial charge in [-0.3, -0.25) is 4.79 Å². The van der Waals surface area contributed by atoms with Crippen LogP contribution in [0.15, 0.2) is 97.1 Å². The van der Waals surface area contributed by atoms with Gasteiger partial charge in [-0.05, 0) is 28.9 Å². The Hall–Kier alpha value is -2.79. The van der Waals surface area contributed by atoms with Crippen molar-refractivity contribution in [1.29, 1.82) is 0 Å².